The lowest BCUT2D eigenvalue weighted by atomic mass is 10.0. The van der Waals surface area contributed by atoms with Crippen LogP contribution in [0.15, 0.2) is 78.9 Å². The SMILES string of the molecule is CCNC(=O)C(Cc1ccccc1)N(Cc1ccccc1C)C(=O)CSCc1ccc([N+](=O)[O-])cc1. The number of rotatable bonds is 12. The van der Waals surface area contributed by atoms with Crippen molar-refractivity contribution in [1.82, 2.24) is 10.2 Å². The van der Waals surface area contributed by atoms with Crippen molar-refractivity contribution < 1.29 is 14.5 Å². The summed E-state index contributed by atoms with van der Waals surface area (Å²) < 4.78 is 0. The number of nitrogens with one attached hydrogen (secondary N) is 1. The van der Waals surface area contributed by atoms with E-state index in [0.29, 0.717) is 25.3 Å². The zero-order valence-corrected chi connectivity index (χ0v) is 21.4. The van der Waals surface area contributed by atoms with Crippen LogP contribution in [0.3, 0.4) is 0 Å². The molecule has 1 N–H and O–H groups in total. The molecule has 1 atom stereocenters. The lowest BCUT2D eigenvalue weighted by molar-refractivity contribution is -0.384. The number of benzene rings is 3. The molecule has 7 nitrogen and oxygen atoms in total. The van der Waals surface area contributed by atoms with E-state index in [-0.39, 0.29) is 23.3 Å². The molecule has 3 rings (SSSR count). The molecule has 8 heteroatoms. The van der Waals surface area contributed by atoms with Gasteiger partial charge in [-0.3, -0.25) is 19.7 Å². The van der Waals surface area contributed by atoms with Gasteiger partial charge in [0.05, 0.1) is 10.7 Å². The highest BCUT2D eigenvalue weighted by Gasteiger charge is 2.30. The molecule has 0 radical (unpaired) electrons. The van der Waals surface area contributed by atoms with Crippen LogP contribution in [0.5, 0.6) is 0 Å². The molecule has 3 aromatic rings. The lowest BCUT2D eigenvalue weighted by Gasteiger charge is -2.32. The highest BCUT2D eigenvalue weighted by molar-refractivity contribution is 7.99. The number of nitro benzene ring substituents is 1. The van der Waals surface area contributed by atoms with Crippen LogP contribution in [0.25, 0.3) is 0 Å². The van der Waals surface area contributed by atoms with Crippen LogP contribution in [-0.2, 0) is 28.3 Å². The summed E-state index contributed by atoms with van der Waals surface area (Å²) in [5.41, 5.74) is 3.97. The van der Waals surface area contributed by atoms with Gasteiger partial charge in [0.25, 0.3) is 5.69 Å². The number of hydrogen-bond donors (Lipinski definition) is 1. The molecular formula is C28H31N3O4S. The van der Waals surface area contributed by atoms with E-state index in [1.807, 2.05) is 68.4 Å². The monoisotopic (exact) mass is 505 g/mol. The third-order valence-electron chi connectivity index (χ3n) is 5.87. The number of nitro groups is 1. The Morgan fingerprint density at radius 2 is 1.64 bits per heavy atom. The molecule has 36 heavy (non-hydrogen) atoms. The molecule has 3 aromatic carbocycles. The van der Waals surface area contributed by atoms with Crippen molar-refractivity contribution >= 4 is 29.3 Å². The average molecular weight is 506 g/mol. The minimum absolute atomic E-state index is 0.0370. The first-order valence-electron chi connectivity index (χ1n) is 11.9. The minimum Gasteiger partial charge on any atom is -0.355 e. The normalized spacial score (nSPS) is 11.5. The van der Waals surface area contributed by atoms with E-state index in [1.54, 1.807) is 17.0 Å². The molecule has 0 spiro atoms. The van der Waals surface area contributed by atoms with E-state index in [9.17, 15) is 19.7 Å². The molecule has 0 aromatic heterocycles. The molecule has 1 unspecified atom stereocenters. The Labute approximate surface area is 216 Å². The number of likely N-dealkylation sites (N-methyl/N-ethyl adjacent to an activating group) is 1. The Kier molecular flexibility index (Phi) is 10.1. The second-order valence-electron chi connectivity index (χ2n) is 8.46. The number of nitrogens with zero attached hydrogens (tertiary/aromatic N) is 2. The Balaban J connectivity index is 1.80. The number of thioether (sulfide) groups is 1. The van der Waals surface area contributed by atoms with Crippen molar-refractivity contribution in [3.8, 4) is 0 Å². The van der Waals surface area contributed by atoms with Gasteiger partial charge >= 0.3 is 0 Å². The molecule has 0 saturated heterocycles. The van der Waals surface area contributed by atoms with E-state index in [4.69, 9.17) is 0 Å². The standard InChI is InChI=1S/C28H31N3O4S/c1-3-29-28(33)26(17-22-10-5-4-6-11-22)30(18-24-12-8-7-9-21(24)2)27(32)20-36-19-23-13-15-25(16-14-23)31(34)35/h4-16,26H,3,17-20H2,1-2H3,(H,29,33). The molecule has 0 aliphatic carbocycles. The molecule has 0 bridgehead atoms. The van der Waals surface area contributed by atoms with Crippen LogP contribution in [0.1, 0.15) is 29.2 Å². The minimum atomic E-state index is -0.653. The topological polar surface area (TPSA) is 92.6 Å². The van der Waals surface area contributed by atoms with Gasteiger partial charge in [-0.15, -0.1) is 11.8 Å². The van der Waals surface area contributed by atoms with Crippen molar-refractivity contribution in [2.45, 2.75) is 38.6 Å². The number of non-ortho nitro benzene ring substituents is 1. The summed E-state index contributed by atoms with van der Waals surface area (Å²) in [6, 6.07) is 23.3. The van der Waals surface area contributed by atoms with Crippen LogP contribution in [0.4, 0.5) is 5.69 Å². The number of amides is 2. The van der Waals surface area contributed by atoms with Gasteiger partial charge in [0.15, 0.2) is 0 Å². The van der Waals surface area contributed by atoms with E-state index >= 15 is 0 Å². The molecule has 188 valence electrons. The van der Waals surface area contributed by atoms with Gasteiger partial charge in [0.2, 0.25) is 11.8 Å². The van der Waals surface area contributed by atoms with E-state index in [2.05, 4.69) is 5.32 Å². The predicted molar refractivity (Wildman–Crippen MR) is 144 cm³/mol. The molecule has 0 aliphatic heterocycles. The fourth-order valence-electron chi connectivity index (χ4n) is 3.87. The molecule has 2 amide bonds. The van der Waals surface area contributed by atoms with Crippen LogP contribution >= 0.6 is 11.8 Å². The summed E-state index contributed by atoms with van der Waals surface area (Å²) in [5.74, 6) is 0.418. The van der Waals surface area contributed by atoms with Crippen molar-refractivity contribution in [3.05, 3.63) is 111 Å². The van der Waals surface area contributed by atoms with Crippen LogP contribution in [0.2, 0.25) is 0 Å². The van der Waals surface area contributed by atoms with E-state index < -0.39 is 11.0 Å². The van der Waals surface area contributed by atoms with Crippen LogP contribution in [0, 0.1) is 17.0 Å². The summed E-state index contributed by atoms with van der Waals surface area (Å²) >= 11 is 1.43. The number of carbonyl (C=O) groups is 2. The first-order chi connectivity index (χ1) is 17.4. The van der Waals surface area contributed by atoms with Gasteiger partial charge in [-0.25, -0.2) is 0 Å². The molecule has 0 fully saturated rings. The molecule has 0 aliphatic rings. The maximum atomic E-state index is 13.6. The lowest BCUT2D eigenvalue weighted by Crippen LogP contribution is -2.51. The quantitative estimate of drug-likeness (QED) is 0.279. The summed E-state index contributed by atoms with van der Waals surface area (Å²) in [6.45, 7) is 4.67. The zero-order valence-electron chi connectivity index (χ0n) is 20.6. The molecule has 0 heterocycles. The van der Waals surface area contributed by atoms with Gasteiger partial charge in [-0.05, 0) is 36.1 Å². The number of carbonyl (C=O) groups excluding carboxylic acids is 2. The predicted octanol–water partition coefficient (Wildman–Crippen LogP) is 4.91. The Morgan fingerprint density at radius 1 is 0.972 bits per heavy atom. The Hall–Kier alpha value is -3.65. The highest BCUT2D eigenvalue weighted by Crippen LogP contribution is 2.21. The fraction of sp³-hybridized carbons (Fsp3) is 0.286. The molecular weight excluding hydrogens is 474 g/mol. The van der Waals surface area contributed by atoms with Crippen molar-refractivity contribution in [2.24, 2.45) is 0 Å². The maximum absolute atomic E-state index is 13.6. The van der Waals surface area contributed by atoms with Gasteiger partial charge in [-0.2, -0.15) is 0 Å². The Morgan fingerprint density at radius 3 is 2.28 bits per heavy atom. The van der Waals surface area contributed by atoms with Gasteiger partial charge < -0.3 is 10.2 Å². The first kappa shape index (κ1) is 26.9. The largest absolute Gasteiger partial charge is 0.355 e. The van der Waals surface area contributed by atoms with Gasteiger partial charge in [0, 0.05) is 37.4 Å². The third-order valence-corrected chi connectivity index (χ3v) is 6.85. The second kappa shape index (κ2) is 13.4. The van der Waals surface area contributed by atoms with Crippen molar-refractivity contribution in [2.75, 3.05) is 12.3 Å². The van der Waals surface area contributed by atoms with Crippen LogP contribution in [-0.4, -0.2) is 40.0 Å². The Bertz CT molecular complexity index is 1170. The fourth-order valence-corrected chi connectivity index (χ4v) is 4.74. The average Bonchev–Trinajstić information content (AvgIpc) is 2.88. The third kappa shape index (κ3) is 7.68. The van der Waals surface area contributed by atoms with Crippen LogP contribution < -0.4 is 5.32 Å². The van der Waals surface area contributed by atoms with Crippen molar-refractivity contribution in [3.63, 3.8) is 0 Å². The smallest absolute Gasteiger partial charge is 0.269 e. The van der Waals surface area contributed by atoms with Crippen molar-refractivity contribution in [1.29, 1.82) is 0 Å². The number of aryl methyl sites for hydroxylation is 1. The number of hydrogen-bond acceptors (Lipinski definition) is 5. The summed E-state index contributed by atoms with van der Waals surface area (Å²) in [5, 5.41) is 13.8. The summed E-state index contributed by atoms with van der Waals surface area (Å²) in [6.07, 6.45) is 0.414. The first-order valence-corrected chi connectivity index (χ1v) is 13.0. The summed E-state index contributed by atoms with van der Waals surface area (Å²) in [7, 11) is 0. The highest BCUT2D eigenvalue weighted by atomic mass is 32.2. The second-order valence-corrected chi connectivity index (χ2v) is 9.45. The molecule has 0 saturated carbocycles. The van der Waals surface area contributed by atoms with E-state index in [1.165, 1.54) is 23.9 Å². The van der Waals surface area contributed by atoms with Gasteiger partial charge in [-0.1, -0.05) is 66.7 Å². The maximum Gasteiger partial charge on any atom is 0.269 e. The van der Waals surface area contributed by atoms with Gasteiger partial charge in [0.1, 0.15) is 6.04 Å². The summed E-state index contributed by atoms with van der Waals surface area (Å²) in [4.78, 5) is 38.9. The zero-order chi connectivity index (χ0) is 25.9. The van der Waals surface area contributed by atoms with E-state index in [0.717, 1.165) is 22.3 Å².